The van der Waals surface area contributed by atoms with Crippen LogP contribution in [-0.2, 0) is 0 Å². The average molecular weight is 223 g/mol. The lowest BCUT2D eigenvalue weighted by atomic mass is 10.2. The van der Waals surface area contributed by atoms with Crippen LogP contribution in [0, 0.1) is 0 Å². The van der Waals surface area contributed by atoms with Crippen LogP contribution < -0.4 is 10.6 Å². The van der Waals surface area contributed by atoms with Crippen LogP contribution in [0.15, 0.2) is 18.3 Å². The van der Waals surface area contributed by atoms with E-state index in [9.17, 15) is 0 Å². The molecule has 82 valence electrons. The van der Waals surface area contributed by atoms with Gasteiger partial charge in [-0.05, 0) is 32.9 Å². The van der Waals surface area contributed by atoms with Crippen molar-refractivity contribution < 1.29 is 0 Å². The normalized spacial score (nSPS) is 10.4. The van der Waals surface area contributed by atoms with Crippen molar-refractivity contribution in [3.63, 3.8) is 0 Å². The van der Waals surface area contributed by atoms with E-state index >= 15 is 0 Å². The van der Waals surface area contributed by atoms with E-state index in [-0.39, 0.29) is 0 Å². The highest BCUT2D eigenvalue weighted by Crippen LogP contribution is 2.16. The number of rotatable bonds is 4. The number of anilines is 1. The van der Waals surface area contributed by atoms with Crippen LogP contribution in [0.25, 0.3) is 0 Å². The van der Waals surface area contributed by atoms with Crippen molar-refractivity contribution in [2.24, 2.45) is 5.73 Å². The van der Waals surface area contributed by atoms with Gasteiger partial charge < -0.3 is 10.6 Å². The maximum absolute atomic E-state index is 5.55. The van der Waals surface area contributed by atoms with Crippen LogP contribution >= 0.6 is 12.2 Å². The molecule has 0 aliphatic heterocycles. The molecule has 0 amide bonds. The first-order chi connectivity index (χ1) is 7.06. The van der Waals surface area contributed by atoms with Gasteiger partial charge in [0.25, 0.3) is 0 Å². The Morgan fingerprint density at radius 3 is 2.73 bits per heavy atom. The monoisotopic (exact) mass is 223 g/mol. The van der Waals surface area contributed by atoms with E-state index in [1.165, 1.54) is 0 Å². The molecule has 2 N–H and O–H groups in total. The van der Waals surface area contributed by atoms with Crippen LogP contribution in [0.3, 0.4) is 0 Å². The first-order valence-electron chi connectivity index (χ1n) is 5.08. The number of aromatic nitrogens is 1. The standard InChI is InChI=1S/C11H17N3S/c1-4-14(8(2)3)9-5-6-13-10(7-9)11(12)15/h5-8H,4H2,1-3H3,(H2,12,15). The zero-order valence-corrected chi connectivity index (χ0v) is 10.2. The van der Waals surface area contributed by atoms with Gasteiger partial charge in [0.15, 0.2) is 0 Å². The molecule has 4 heteroatoms. The molecule has 0 bridgehead atoms. The van der Waals surface area contributed by atoms with E-state index in [4.69, 9.17) is 18.0 Å². The minimum Gasteiger partial charge on any atom is -0.388 e. The van der Waals surface area contributed by atoms with Crippen molar-refractivity contribution in [1.82, 2.24) is 4.98 Å². The molecular weight excluding hydrogens is 206 g/mol. The summed E-state index contributed by atoms with van der Waals surface area (Å²) in [5.41, 5.74) is 7.35. The first kappa shape index (κ1) is 11.9. The molecule has 1 aromatic rings. The first-order valence-corrected chi connectivity index (χ1v) is 5.49. The highest BCUT2D eigenvalue weighted by atomic mass is 32.1. The molecule has 0 saturated heterocycles. The molecule has 0 saturated carbocycles. The summed E-state index contributed by atoms with van der Waals surface area (Å²) in [7, 11) is 0. The Morgan fingerprint density at radius 1 is 1.60 bits per heavy atom. The zero-order chi connectivity index (χ0) is 11.4. The number of hydrogen-bond acceptors (Lipinski definition) is 3. The second-order valence-electron chi connectivity index (χ2n) is 3.64. The smallest absolute Gasteiger partial charge is 0.122 e. The Balaban J connectivity index is 3.03. The van der Waals surface area contributed by atoms with E-state index in [2.05, 4.69) is 30.7 Å². The SMILES string of the molecule is CCN(c1ccnc(C(N)=S)c1)C(C)C. The van der Waals surface area contributed by atoms with Crippen LogP contribution in [0.4, 0.5) is 5.69 Å². The third-order valence-corrected chi connectivity index (χ3v) is 2.50. The van der Waals surface area contributed by atoms with Gasteiger partial charge in [-0.2, -0.15) is 0 Å². The number of hydrogen-bond donors (Lipinski definition) is 1. The summed E-state index contributed by atoms with van der Waals surface area (Å²) in [6, 6.07) is 4.37. The Labute approximate surface area is 96.3 Å². The maximum atomic E-state index is 5.55. The molecule has 0 spiro atoms. The molecule has 3 nitrogen and oxygen atoms in total. The maximum Gasteiger partial charge on any atom is 0.122 e. The highest BCUT2D eigenvalue weighted by Gasteiger charge is 2.09. The summed E-state index contributed by atoms with van der Waals surface area (Å²) in [5, 5.41) is 0. The minimum atomic E-state index is 0.344. The molecule has 0 unspecified atom stereocenters. The van der Waals surface area contributed by atoms with E-state index in [0.29, 0.717) is 16.7 Å². The predicted octanol–water partition coefficient (Wildman–Crippen LogP) is 1.95. The quantitative estimate of drug-likeness (QED) is 0.792. The van der Waals surface area contributed by atoms with Crippen molar-refractivity contribution >= 4 is 22.9 Å². The lowest BCUT2D eigenvalue weighted by Crippen LogP contribution is -2.30. The van der Waals surface area contributed by atoms with Crippen molar-refractivity contribution in [2.45, 2.75) is 26.8 Å². The second-order valence-corrected chi connectivity index (χ2v) is 4.08. The van der Waals surface area contributed by atoms with Gasteiger partial charge in [-0.25, -0.2) is 0 Å². The van der Waals surface area contributed by atoms with Crippen molar-refractivity contribution in [3.05, 3.63) is 24.0 Å². The Kier molecular flexibility index (Phi) is 4.03. The van der Waals surface area contributed by atoms with Crippen LogP contribution in [0.1, 0.15) is 26.5 Å². The van der Waals surface area contributed by atoms with Gasteiger partial charge in [0, 0.05) is 24.5 Å². The van der Waals surface area contributed by atoms with Gasteiger partial charge in [-0.15, -0.1) is 0 Å². The molecule has 0 aliphatic rings. The molecule has 1 heterocycles. The fourth-order valence-electron chi connectivity index (χ4n) is 1.58. The van der Waals surface area contributed by atoms with Crippen LogP contribution in [0.2, 0.25) is 0 Å². The summed E-state index contributed by atoms with van der Waals surface area (Å²) in [4.78, 5) is 6.73. The van der Waals surface area contributed by atoms with Gasteiger partial charge >= 0.3 is 0 Å². The number of thiocarbonyl (C=S) groups is 1. The second kappa shape index (κ2) is 5.07. The molecule has 1 aromatic heterocycles. The molecule has 0 radical (unpaired) electrons. The highest BCUT2D eigenvalue weighted by molar-refractivity contribution is 7.80. The third kappa shape index (κ3) is 2.89. The summed E-state index contributed by atoms with van der Waals surface area (Å²) < 4.78 is 0. The lowest BCUT2D eigenvalue weighted by Gasteiger charge is -2.27. The number of nitrogens with zero attached hydrogens (tertiary/aromatic N) is 2. The van der Waals surface area contributed by atoms with E-state index in [1.54, 1.807) is 6.20 Å². The average Bonchev–Trinajstić information content (AvgIpc) is 2.18. The number of pyridine rings is 1. The predicted molar refractivity (Wildman–Crippen MR) is 68.3 cm³/mol. The topological polar surface area (TPSA) is 42.2 Å². The molecule has 0 atom stereocenters. The molecule has 1 rings (SSSR count). The fraction of sp³-hybridized carbons (Fsp3) is 0.455. The molecular formula is C11H17N3S. The van der Waals surface area contributed by atoms with Crippen LogP contribution in [0.5, 0.6) is 0 Å². The summed E-state index contributed by atoms with van der Waals surface area (Å²) >= 11 is 4.91. The largest absolute Gasteiger partial charge is 0.388 e. The van der Waals surface area contributed by atoms with Crippen molar-refractivity contribution in [1.29, 1.82) is 0 Å². The molecule has 0 aromatic carbocycles. The van der Waals surface area contributed by atoms with Crippen LogP contribution in [-0.4, -0.2) is 22.6 Å². The summed E-state index contributed by atoms with van der Waals surface area (Å²) in [6.45, 7) is 7.40. The summed E-state index contributed by atoms with van der Waals surface area (Å²) in [6.07, 6.45) is 1.74. The van der Waals surface area contributed by atoms with E-state index in [1.807, 2.05) is 12.1 Å². The van der Waals surface area contributed by atoms with Crippen molar-refractivity contribution in [3.8, 4) is 0 Å². The Morgan fingerprint density at radius 2 is 2.27 bits per heavy atom. The summed E-state index contributed by atoms with van der Waals surface area (Å²) in [5.74, 6) is 0. The van der Waals surface area contributed by atoms with Gasteiger partial charge in [0.05, 0.1) is 5.69 Å². The molecule has 0 fully saturated rings. The van der Waals surface area contributed by atoms with Gasteiger partial charge in [0.1, 0.15) is 4.99 Å². The Hall–Kier alpha value is -1.16. The number of nitrogens with two attached hydrogens (primary N) is 1. The lowest BCUT2D eigenvalue weighted by molar-refractivity contribution is 0.703. The van der Waals surface area contributed by atoms with Crippen molar-refractivity contribution in [2.75, 3.05) is 11.4 Å². The fourth-order valence-corrected chi connectivity index (χ4v) is 1.69. The minimum absolute atomic E-state index is 0.344. The van der Waals surface area contributed by atoms with Gasteiger partial charge in [-0.1, -0.05) is 12.2 Å². The van der Waals surface area contributed by atoms with E-state index in [0.717, 1.165) is 12.2 Å². The van der Waals surface area contributed by atoms with E-state index < -0.39 is 0 Å². The molecule has 0 aliphatic carbocycles. The van der Waals surface area contributed by atoms with Gasteiger partial charge in [-0.3, -0.25) is 4.98 Å². The third-order valence-electron chi connectivity index (χ3n) is 2.29. The van der Waals surface area contributed by atoms with Gasteiger partial charge in [0.2, 0.25) is 0 Å². The zero-order valence-electron chi connectivity index (χ0n) is 9.40. The molecule has 15 heavy (non-hydrogen) atoms. The Bertz CT molecular complexity index is 349.